The normalized spacial score (nSPS) is 20.2. The summed E-state index contributed by atoms with van der Waals surface area (Å²) in [7, 11) is 0. The van der Waals surface area contributed by atoms with Gasteiger partial charge in [0.05, 0.1) is 6.10 Å². The van der Waals surface area contributed by atoms with Crippen molar-refractivity contribution >= 4 is 11.6 Å². The lowest BCUT2D eigenvalue weighted by Gasteiger charge is -2.20. The molecule has 1 aliphatic rings. The molecule has 1 N–H and O–H groups in total. The zero-order chi connectivity index (χ0) is 14.4. The highest BCUT2D eigenvalue weighted by molar-refractivity contribution is 6.31. The summed E-state index contributed by atoms with van der Waals surface area (Å²) in [5.41, 5.74) is 0.618. The predicted molar refractivity (Wildman–Crippen MR) is 80.8 cm³/mol. The molecule has 4 heteroatoms. The second-order valence-corrected chi connectivity index (χ2v) is 5.78. The number of hydrogen-bond acceptors (Lipinski definition) is 2. The molecule has 2 atom stereocenters. The molecule has 0 aromatic heterocycles. The first-order chi connectivity index (χ1) is 9.70. The van der Waals surface area contributed by atoms with E-state index in [4.69, 9.17) is 16.3 Å². The van der Waals surface area contributed by atoms with Crippen molar-refractivity contribution in [1.29, 1.82) is 0 Å². The van der Waals surface area contributed by atoms with Crippen LogP contribution in [0.3, 0.4) is 0 Å². The molecule has 1 aromatic carbocycles. The Balaban J connectivity index is 1.93. The zero-order valence-corrected chi connectivity index (χ0v) is 12.8. The SMILES string of the molecule is CCNC(CCC1CCCO1)Cc1c(F)cccc1Cl. The highest BCUT2D eigenvalue weighted by Crippen LogP contribution is 2.23. The summed E-state index contributed by atoms with van der Waals surface area (Å²) in [6, 6.07) is 5.13. The molecule has 112 valence electrons. The van der Waals surface area contributed by atoms with Crippen LogP contribution >= 0.6 is 11.6 Å². The summed E-state index contributed by atoms with van der Waals surface area (Å²) < 4.78 is 19.5. The molecule has 0 bridgehead atoms. The fraction of sp³-hybridized carbons (Fsp3) is 0.625. The standard InChI is InChI=1S/C16H23ClFNO/c1-2-19-12(8-9-13-5-4-10-20-13)11-14-15(17)6-3-7-16(14)18/h3,6-7,12-13,19H,2,4-5,8-11H2,1H3. The molecule has 1 aliphatic heterocycles. The molecule has 2 unspecified atom stereocenters. The lowest BCUT2D eigenvalue weighted by Crippen LogP contribution is -2.32. The van der Waals surface area contributed by atoms with E-state index in [2.05, 4.69) is 12.2 Å². The minimum Gasteiger partial charge on any atom is -0.378 e. The van der Waals surface area contributed by atoms with Crippen molar-refractivity contribution in [3.8, 4) is 0 Å². The molecule has 1 aromatic rings. The summed E-state index contributed by atoms with van der Waals surface area (Å²) >= 11 is 6.11. The van der Waals surface area contributed by atoms with Crippen molar-refractivity contribution in [2.75, 3.05) is 13.2 Å². The minimum atomic E-state index is -0.211. The number of benzene rings is 1. The van der Waals surface area contributed by atoms with Gasteiger partial charge < -0.3 is 10.1 Å². The smallest absolute Gasteiger partial charge is 0.127 e. The zero-order valence-electron chi connectivity index (χ0n) is 12.0. The Hall–Kier alpha value is -0.640. The maximum atomic E-state index is 13.9. The second-order valence-electron chi connectivity index (χ2n) is 5.37. The number of ether oxygens (including phenoxy) is 1. The Kier molecular flexibility index (Phi) is 6.27. The summed E-state index contributed by atoms with van der Waals surface area (Å²) in [4.78, 5) is 0. The number of likely N-dealkylation sites (N-methyl/N-ethyl adjacent to an activating group) is 1. The van der Waals surface area contributed by atoms with E-state index in [0.29, 0.717) is 23.1 Å². The van der Waals surface area contributed by atoms with E-state index in [-0.39, 0.29) is 11.9 Å². The Morgan fingerprint density at radius 3 is 3.00 bits per heavy atom. The van der Waals surface area contributed by atoms with Gasteiger partial charge in [0.25, 0.3) is 0 Å². The Morgan fingerprint density at radius 2 is 2.35 bits per heavy atom. The van der Waals surface area contributed by atoms with Crippen LogP contribution in [0.2, 0.25) is 5.02 Å². The number of rotatable bonds is 7. The second kappa shape index (κ2) is 7.96. The molecule has 0 aliphatic carbocycles. The first-order valence-electron chi connectivity index (χ1n) is 7.48. The van der Waals surface area contributed by atoms with Gasteiger partial charge in [-0.25, -0.2) is 4.39 Å². The monoisotopic (exact) mass is 299 g/mol. The van der Waals surface area contributed by atoms with Crippen molar-refractivity contribution in [2.24, 2.45) is 0 Å². The molecule has 0 radical (unpaired) electrons. The van der Waals surface area contributed by atoms with Gasteiger partial charge in [-0.05, 0) is 50.8 Å². The van der Waals surface area contributed by atoms with Crippen molar-refractivity contribution in [1.82, 2.24) is 5.32 Å². The Morgan fingerprint density at radius 1 is 1.50 bits per heavy atom. The van der Waals surface area contributed by atoms with Gasteiger partial charge in [0.1, 0.15) is 5.82 Å². The van der Waals surface area contributed by atoms with E-state index in [1.807, 2.05) is 0 Å². The van der Waals surface area contributed by atoms with Crippen LogP contribution in [0.1, 0.15) is 38.2 Å². The van der Waals surface area contributed by atoms with Crippen LogP contribution in [-0.4, -0.2) is 25.3 Å². The molecular weight excluding hydrogens is 277 g/mol. The topological polar surface area (TPSA) is 21.3 Å². The maximum Gasteiger partial charge on any atom is 0.127 e. The first kappa shape index (κ1) is 15.7. The van der Waals surface area contributed by atoms with Crippen LogP contribution in [0.15, 0.2) is 18.2 Å². The first-order valence-corrected chi connectivity index (χ1v) is 7.86. The van der Waals surface area contributed by atoms with Gasteiger partial charge in [-0.2, -0.15) is 0 Å². The molecule has 0 spiro atoms. The van der Waals surface area contributed by atoms with Crippen molar-refractivity contribution in [3.05, 3.63) is 34.6 Å². The van der Waals surface area contributed by atoms with Gasteiger partial charge in [-0.3, -0.25) is 0 Å². The molecule has 20 heavy (non-hydrogen) atoms. The van der Waals surface area contributed by atoms with Crippen molar-refractivity contribution in [2.45, 2.75) is 51.2 Å². The van der Waals surface area contributed by atoms with Gasteiger partial charge >= 0.3 is 0 Å². The quantitative estimate of drug-likeness (QED) is 0.823. The van der Waals surface area contributed by atoms with Crippen molar-refractivity contribution < 1.29 is 9.13 Å². The van der Waals surface area contributed by atoms with Gasteiger partial charge in [0, 0.05) is 23.2 Å². The third-order valence-corrected chi connectivity index (χ3v) is 4.22. The summed E-state index contributed by atoms with van der Waals surface area (Å²) in [6.45, 7) is 3.83. The van der Waals surface area contributed by atoms with Crippen molar-refractivity contribution in [3.63, 3.8) is 0 Å². The fourth-order valence-corrected chi connectivity index (χ4v) is 3.04. The average molecular weight is 300 g/mol. The van der Waals surface area contributed by atoms with Gasteiger partial charge in [-0.1, -0.05) is 24.6 Å². The number of halogens is 2. The molecule has 1 fully saturated rings. The third-order valence-electron chi connectivity index (χ3n) is 3.87. The van der Waals surface area contributed by atoms with Crippen LogP contribution in [0, 0.1) is 5.82 Å². The van der Waals surface area contributed by atoms with Crippen LogP contribution in [0.5, 0.6) is 0 Å². The van der Waals surface area contributed by atoms with Crippen LogP contribution in [0.25, 0.3) is 0 Å². The summed E-state index contributed by atoms with van der Waals surface area (Å²) in [5.74, 6) is -0.211. The lowest BCUT2D eigenvalue weighted by atomic mass is 9.99. The van der Waals surface area contributed by atoms with Gasteiger partial charge in [0.2, 0.25) is 0 Å². The minimum absolute atomic E-state index is 0.211. The Labute approximate surface area is 125 Å². The predicted octanol–water partition coefficient (Wildman–Crippen LogP) is 3.96. The largest absolute Gasteiger partial charge is 0.378 e. The van der Waals surface area contributed by atoms with E-state index in [9.17, 15) is 4.39 Å². The number of nitrogens with one attached hydrogen (secondary N) is 1. The van der Waals surface area contributed by atoms with Gasteiger partial charge in [0.15, 0.2) is 0 Å². The van der Waals surface area contributed by atoms with Gasteiger partial charge in [-0.15, -0.1) is 0 Å². The van der Waals surface area contributed by atoms with E-state index < -0.39 is 0 Å². The maximum absolute atomic E-state index is 13.9. The average Bonchev–Trinajstić information content (AvgIpc) is 2.93. The lowest BCUT2D eigenvalue weighted by molar-refractivity contribution is 0.0996. The Bertz CT molecular complexity index is 401. The highest BCUT2D eigenvalue weighted by atomic mass is 35.5. The summed E-state index contributed by atoms with van der Waals surface area (Å²) in [6.07, 6.45) is 5.35. The van der Waals surface area contributed by atoms with E-state index in [1.165, 1.54) is 6.07 Å². The summed E-state index contributed by atoms with van der Waals surface area (Å²) in [5, 5.41) is 3.95. The number of hydrogen-bond donors (Lipinski definition) is 1. The van der Waals surface area contributed by atoms with E-state index in [0.717, 1.165) is 38.8 Å². The fourth-order valence-electron chi connectivity index (χ4n) is 2.80. The molecular formula is C16H23ClFNO. The third kappa shape index (κ3) is 4.44. The highest BCUT2D eigenvalue weighted by Gasteiger charge is 2.19. The molecule has 1 heterocycles. The molecule has 2 rings (SSSR count). The van der Waals surface area contributed by atoms with Crippen LogP contribution in [-0.2, 0) is 11.2 Å². The van der Waals surface area contributed by atoms with Crippen LogP contribution in [0.4, 0.5) is 4.39 Å². The molecule has 0 saturated carbocycles. The van der Waals surface area contributed by atoms with E-state index in [1.54, 1.807) is 12.1 Å². The molecule has 1 saturated heterocycles. The molecule has 2 nitrogen and oxygen atoms in total. The van der Waals surface area contributed by atoms with E-state index >= 15 is 0 Å². The van der Waals surface area contributed by atoms with Crippen LogP contribution < -0.4 is 5.32 Å². The molecule has 0 amide bonds.